The van der Waals surface area contributed by atoms with Gasteiger partial charge in [-0.1, -0.05) is 17.7 Å². The number of rotatable bonds is 3. The number of carbonyl (C=O) groups is 1. The number of carbonyl (C=O) groups excluding carboxylic acids is 1. The molecule has 1 aliphatic heterocycles. The summed E-state index contributed by atoms with van der Waals surface area (Å²) in [4.78, 5) is 12.1. The minimum absolute atomic E-state index is 0.000978. The Kier molecular flexibility index (Phi) is 3.75. The third-order valence-corrected chi connectivity index (χ3v) is 3.79. The summed E-state index contributed by atoms with van der Waals surface area (Å²) >= 11 is 0. The van der Waals surface area contributed by atoms with Gasteiger partial charge in [-0.15, -0.1) is 5.10 Å². The van der Waals surface area contributed by atoms with Gasteiger partial charge in [-0.05, 0) is 45.4 Å². The average Bonchev–Trinajstić information content (AvgIpc) is 3.10. The van der Waals surface area contributed by atoms with Gasteiger partial charge in [0.2, 0.25) is 5.91 Å². The maximum atomic E-state index is 12.1. The van der Waals surface area contributed by atoms with Gasteiger partial charge in [-0.3, -0.25) is 4.79 Å². The Balaban J connectivity index is 1.77. The number of benzene rings is 1. The first-order chi connectivity index (χ1) is 10.1. The van der Waals surface area contributed by atoms with E-state index >= 15 is 0 Å². The van der Waals surface area contributed by atoms with Crippen LogP contribution >= 0.6 is 0 Å². The second-order valence-corrected chi connectivity index (χ2v) is 5.56. The van der Waals surface area contributed by atoms with Gasteiger partial charge in [0.05, 0.1) is 11.7 Å². The van der Waals surface area contributed by atoms with Gasteiger partial charge in [0.15, 0.2) is 5.82 Å². The molecule has 1 unspecified atom stereocenters. The molecule has 1 atom stereocenters. The normalized spacial score (nSPS) is 17.9. The number of aromatic nitrogens is 2. The standard InChI is InChI=1S/C16H20N4O/c1-11-5-7-13(8-6-11)20-12(2)10-15(19-20)18-16(21)14-4-3-9-17-14/h5-8,10,14,17H,3-4,9H2,1-2H3,(H,18,19,21). The van der Waals surface area contributed by atoms with Crippen molar-refractivity contribution in [2.45, 2.75) is 32.7 Å². The number of nitrogens with one attached hydrogen (secondary N) is 2. The van der Waals surface area contributed by atoms with E-state index in [0.29, 0.717) is 5.82 Å². The molecule has 0 radical (unpaired) electrons. The molecule has 1 amide bonds. The molecule has 21 heavy (non-hydrogen) atoms. The molecule has 3 rings (SSSR count). The van der Waals surface area contributed by atoms with Crippen LogP contribution in [-0.4, -0.2) is 28.3 Å². The van der Waals surface area contributed by atoms with E-state index in [4.69, 9.17) is 0 Å². The van der Waals surface area contributed by atoms with Crippen molar-refractivity contribution in [3.8, 4) is 5.69 Å². The smallest absolute Gasteiger partial charge is 0.242 e. The Bertz CT molecular complexity index is 639. The fourth-order valence-corrected chi connectivity index (χ4v) is 2.60. The molecule has 1 fully saturated rings. The van der Waals surface area contributed by atoms with E-state index in [-0.39, 0.29) is 11.9 Å². The lowest BCUT2D eigenvalue weighted by Crippen LogP contribution is -2.35. The molecule has 1 aliphatic rings. The predicted molar refractivity (Wildman–Crippen MR) is 82.7 cm³/mol. The number of hydrogen-bond acceptors (Lipinski definition) is 3. The molecule has 1 aromatic heterocycles. The summed E-state index contributed by atoms with van der Waals surface area (Å²) in [6.07, 6.45) is 1.94. The highest BCUT2D eigenvalue weighted by Gasteiger charge is 2.22. The lowest BCUT2D eigenvalue weighted by Gasteiger charge is -2.08. The maximum Gasteiger partial charge on any atom is 0.242 e. The zero-order valence-electron chi connectivity index (χ0n) is 12.4. The fourth-order valence-electron chi connectivity index (χ4n) is 2.60. The largest absolute Gasteiger partial charge is 0.308 e. The number of amides is 1. The van der Waals surface area contributed by atoms with Crippen LogP contribution < -0.4 is 10.6 Å². The van der Waals surface area contributed by atoms with Crippen LogP contribution in [0.3, 0.4) is 0 Å². The summed E-state index contributed by atoms with van der Waals surface area (Å²) in [5, 5.41) is 10.6. The molecule has 0 bridgehead atoms. The van der Waals surface area contributed by atoms with Crippen LogP contribution in [0.5, 0.6) is 0 Å². The topological polar surface area (TPSA) is 59.0 Å². The number of anilines is 1. The molecular weight excluding hydrogens is 264 g/mol. The van der Waals surface area contributed by atoms with Crippen LogP contribution in [0.2, 0.25) is 0 Å². The summed E-state index contributed by atoms with van der Waals surface area (Å²) in [6.45, 7) is 4.95. The Morgan fingerprint density at radius 3 is 2.76 bits per heavy atom. The van der Waals surface area contributed by atoms with Crippen LogP contribution in [0.1, 0.15) is 24.1 Å². The van der Waals surface area contributed by atoms with E-state index in [2.05, 4.69) is 34.8 Å². The minimum Gasteiger partial charge on any atom is -0.308 e. The van der Waals surface area contributed by atoms with Crippen molar-refractivity contribution in [2.75, 3.05) is 11.9 Å². The number of aryl methyl sites for hydroxylation is 2. The zero-order valence-corrected chi connectivity index (χ0v) is 12.4. The summed E-state index contributed by atoms with van der Waals surface area (Å²) < 4.78 is 1.84. The van der Waals surface area contributed by atoms with Crippen molar-refractivity contribution in [3.05, 3.63) is 41.6 Å². The van der Waals surface area contributed by atoms with Crippen LogP contribution in [0, 0.1) is 13.8 Å². The van der Waals surface area contributed by atoms with Crippen molar-refractivity contribution in [2.24, 2.45) is 0 Å². The quantitative estimate of drug-likeness (QED) is 0.908. The van der Waals surface area contributed by atoms with Gasteiger partial charge < -0.3 is 10.6 Å². The average molecular weight is 284 g/mol. The highest BCUT2D eigenvalue weighted by molar-refractivity contribution is 5.94. The van der Waals surface area contributed by atoms with Gasteiger partial charge >= 0.3 is 0 Å². The lowest BCUT2D eigenvalue weighted by atomic mass is 10.2. The molecular formula is C16H20N4O. The Morgan fingerprint density at radius 2 is 2.10 bits per heavy atom. The van der Waals surface area contributed by atoms with Crippen molar-refractivity contribution in [3.63, 3.8) is 0 Å². The van der Waals surface area contributed by atoms with E-state index in [0.717, 1.165) is 30.8 Å². The zero-order chi connectivity index (χ0) is 14.8. The monoisotopic (exact) mass is 284 g/mol. The molecule has 1 aromatic carbocycles. The van der Waals surface area contributed by atoms with Crippen molar-refractivity contribution < 1.29 is 4.79 Å². The second-order valence-electron chi connectivity index (χ2n) is 5.56. The van der Waals surface area contributed by atoms with Crippen LogP contribution in [-0.2, 0) is 4.79 Å². The van der Waals surface area contributed by atoms with Gasteiger partial charge in [0.1, 0.15) is 0 Å². The number of hydrogen-bond donors (Lipinski definition) is 2. The fraction of sp³-hybridized carbons (Fsp3) is 0.375. The third kappa shape index (κ3) is 2.97. The highest BCUT2D eigenvalue weighted by Crippen LogP contribution is 2.16. The number of nitrogens with zero attached hydrogens (tertiary/aromatic N) is 2. The van der Waals surface area contributed by atoms with Crippen LogP contribution in [0.4, 0.5) is 5.82 Å². The molecule has 2 N–H and O–H groups in total. The summed E-state index contributed by atoms with van der Waals surface area (Å²) in [5.41, 5.74) is 3.20. The van der Waals surface area contributed by atoms with Crippen LogP contribution in [0.25, 0.3) is 5.69 Å². The van der Waals surface area contributed by atoms with Crippen molar-refractivity contribution >= 4 is 11.7 Å². The Morgan fingerprint density at radius 1 is 1.33 bits per heavy atom. The molecule has 110 valence electrons. The molecule has 5 heteroatoms. The van der Waals surface area contributed by atoms with Gasteiger partial charge in [-0.25, -0.2) is 4.68 Å². The highest BCUT2D eigenvalue weighted by atomic mass is 16.2. The molecule has 0 saturated carbocycles. The second kappa shape index (κ2) is 5.69. The molecule has 0 aliphatic carbocycles. The third-order valence-electron chi connectivity index (χ3n) is 3.79. The first-order valence-electron chi connectivity index (χ1n) is 7.31. The molecule has 1 saturated heterocycles. The van der Waals surface area contributed by atoms with E-state index in [9.17, 15) is 4.79 Å². The molecule has 0 spiro atoms. The van der Waals surface area contributed by atoms with Gasteiger partial charge in [0, 0.05) is 11.8 Å². The first-order valence-corrected chi connectivity index (χ1v) is 7.31. The van der Waals surface area contributed by atoms with Crippen LogP contribution in [0.15, 0.2) is 30.3 Å². The van der Waals surface area contributed by atoms with E-state index in [1.165, 1.54) is 5.56 Å². The summed E-state index contributed by atoms with van der Waals surface area (Å²) in [5.74, 6) is 0.604. The van der Waals surface area contributed by atoms with E-state index in [1.54, 1.807) is 0 Å². The first kappa shape index (κ1) is 13.8. The lowest BCUT2D eigenvalue weighted by molar-refractivity contribution is -0.117. The summed E-state index contributed by atoms with van der Waals surface area (Å²) in [7, 11) is 0. The van der Waals surface area contributed by atoms with E-state index < -0.39 is 0 Å². The molecule has 2 aromatic rings. The summed E-state index contributed by atoms with van der Waals surface area (Å²) in [6, 6.07) is 9.97. The molecule has 5 nitrogen and oxygen atoms in total. The Labute approximate surface area is 124 Å². The van der Waals surface area contributed by atoms with Gasteiger partial charge in [0.25, 0.3) is 0 Å². The minimum atomic E-state index is -0.0881. The van der Waals surface area contributed by atoms with Gasteiger partial charge in [-0.2, -0.15) is 0 Å². The van der Waals surface area contributed by atoms with Crippen molar-refractivity contribution in [1.82, 2.24) is 15.1 Å². The van der Waals surface area contributed by atoms with E-state index in [1.807, 2.05) is 29.8 Å². The SMILES string of the molecule is Cc1ccc(-n2nc(NC(=O)C3CCCN3)cc2C)cc1. The maximum absolute atomic E-state index is 12.1. The Hall–Kier alpha value is -2.14. The predicted octanol–water partition coefficient (Wildman–Crippen LogP) is 2.18. The molecule has 2 heterocycles. The van der Waals surface area contributed by atoms with Crippen molar-refractivity contribution in [1.29, 1.82) is 0 Å².